The van der Waals surface area contributed by atoms with Gasteiger partial charge in [0, 0.05) is 18.7 Å². The maximum Gasteiger partial charge on any atom is 0.129 e. The van der Waals surface area contributed by atoms with Crippen molar-refractivity contribution in [2.45, 2.75) is 13.2 Å². The SMILES string of the molecule is c1coc(COCCNCc2ccoc2)c1. The lowest BCUT2D eigenvalue weighted by Gasteiger charge is -2.03. The lowest BCUT2D eigenvalue weighted by molar-refractivity contribution is 0.108. The van der Waals surface area contributed by atoms with Gasteiger partial charge in [-0.25, -0.2) is 0 Å². The second-order valence-electron chi connectivity index (χ2n) is 3.44. The van der Waals surface area contributed by atoms with Crippen LogP contribution in [-0.2, 0) is 17.9 Å². The molecule has 1 N–H and O–H groups in total. The van der Waals surface area contributed by atoms with Crippen molar-refractivity contribution in [1.82, 2.24) is 5.32 Å². The van der Waals surface area contributed by atoms with Gasteiger partial charge in [-0.05, 0) is 18.2 Å². The molecule has 2 heterocycles. The second-order valence-corrected chi connectivity index (χ2v) is 3.44. The Balaban J connectivity index is 1.49. The smallest absolute Gasteiger partial charge is 0.129 e. The van der Waals surface area contributed by atoms with Crippen LogP contribution in [0.4, 0.5) is 0 Å². The molecule has 0 aliphatic carbocycles. The molecule has 0 spiro atoms. The third-order valence-corrected chi connectivity index (χ3v) is 2.16. The zero-order valence-electron chi connectivity index (χ0n) is 9.02. The van der Waals surface area contributed by atoms with Gasteiger partial charge in [-0.15, -0.1) is 0 Å². The number of furan rings is 2. The van der Waals surface area contributed by atoms with Crippen LogP contribution < -0.4 is 5.32 Å². The van der Waals surface area contributed by atoms with Gasteiger partial charge in [0.2, 0.25) is 0 Å². The zero-order valence-corrected chi connectivity index (χ0v) is 9.02. The molecule has 0 aliphatic heterocycles. The molecule has 2 rings (SSSR count). The highest BCUT2D eigenvalue weighted by Gasteiger charge is 1.96. The molecule has 0 bridgehead atoms. The third kappa shape index (κ3) is 3.56. The van der Waals surface area contributed by atoms with Gasteiger partial charge in [0.05, 0.1) is 25.4 Å². The largest absolute Gasteiger partial charge is 0.472 e. The summed E-state index contributed by atoms with van der Waals surface area (Å²) in [4.78, 5) is 0. The van der Waals surface area contributed by atoms with Crippen molar-refractivity contribution >= 4 is 0 Å². The number of hydrogen-bond donors (Lipinski definition) is 1. The summed E-state index contributed by atoms with van der Waals surface area (Å²) in [6, 6.07) is 5.70. The number of ether oxygens (including phenoxy) is 1. The van der Waals surface area contributed by atoms with Gasteiger partial charge in [0.25, 0.3) is 0 Å². The van der Waals surface area contributed by atoms with Gasteiger partial charge >= 0.3 is 0 Å². The molecule has 4 nitrogen and oxygen atoms in total. The molecule has 0 aromatic carbocycles. The Kier molecular flexibility index (Phi) is 4.22. The van der Waals surface area contributed by atoms with Gasteiger partial charge in [-0.2, -0.15) is 0 Å². The Labute approximate surface area is 94.2 Å². The third-order valence-electron chi connectivity index (χ3n) is 2.16. The van der Waals surface area contributed by atoms with Crippen molar-refractivity contribution in [1.29, 1.82) is 0 Å². The minimum atomic E-state index is 0.528. The Hall–Kier alpha value is -1.52. The van der Waals surface area contributed by atoms with Gasteiger partial charge in [0.1, 0.15) is 12.4 Å². The van der Waals surface area contributed by atoms with E-state index in [1.807, 2.05) is 18.2 Å². The zero-order chi connectivity index (χ0) is 11.1. The van der Waals surface area contributed by atoms with E-state index in [1.54, 1.807) is 18.8 Å². The average Bonchev–Trinajstić information content (AvgIpc) is 2.96. The van der Waals surface area contributed by atoms with E-state index < -0.39 is 0 Å². The van der Waals surface area contributed by atoms with E-state index in [2.05, 4.69) is 5.32 Å². The van der Waals surface area contributed by atoms with Crippen molar-refractivity contribution in [2.24, 2.45) is 0 Å². The fraction of sp³-hybridized carbons (Fsp3) is 0.333. The lowest BCUT2D eigenvalue weighted by Crippen LogP contribution is -2.18. The molecule has 0 aliphatic rings. The Bertz CT molecular complexity index is 329. The van der Waals surface area contributed by atoms with E-state index in [-0.39, 0.29) is 0 Å². The van der Waals surface area contributed by atoms with Gasteiger partial charge in [-0.1, -0.05) is 0 Å². The first kappa shape index (κ1) is 11.0. The lowest BCUT2D eigenvalue weighted by atomic mass is 10.3. The van der Waals surface area contributed by atoms with E-state index in [0.717, 1.165) is 24.4 Å². The van der Waals surface area contributed by atoms with E-state index >= 15 is 0 Å². The Morgan fingerprint density at radius 1 is 1.25 bits per heavy atom. The molecule has 4 heteroatoms. The van der Waals surface area contributed by atoms with E-state index in [4.69, 9.17) is 13.6 Å². The van der Waals surface area contributed by atoms with E-state index in [1.165, 1.54) is 0 Å². The second kappa shape index (κ2) is 6.15. The van der Waals surface area contributed by atoms with Crippen molar-refractivity contribution in [3.05, 3.63) is 48.3 Å². The van der Waals surface area contributed by atoms with Crippen molar-refractivity contribution < 1.29 is 13.6 Å². The normalized spacial score (nSPS) is 10.8. The first-order valence-electron chi connectivity index (χ1n) is 5.27. The van der Waals surface area contributed by atoms with Gasteiger partial charge in [0.15, 0.2) is 0 Å². The van der Waals surface area contributed by atoms with Crippen LogP contribution in [0.5, 0.6) is 0 Å². The van der Waals surface area contributed by atoms with Crippen LogP contribution in [-0.4, -0.2) is 13.2 Å². The molecule has 2 aromatic rings. The van der Waals surface area contributed by atoms with Crippen molar-refractivity contribution in [3.8, 4) is 0 Å². The molecule has 0 saturated carbocycles. The first-order chi connectivity index (χ1) is 7.95. The summed E-state index contributed by atoms with van der Waals surface area (Å²) in [6.45, 7) is 2.81. The summed E-state index contributed by atoms with van der Waals surface area (Å²) in [5, 5.41) is 3.25. The quantitative estimate of drug-likeness (QED) is 0.728. The molecule has 0 amide bonds. The number of hydrogen-bond acceptors (Lipinski definition) is 4. The molecular weight excluding hydrogens is 206 g/mol. The molecule has 16 heavy (non-hydrogen) atoms. The topological polar surface area (TPSA) is 47.5 Å². The Morgan fingerprint density at radius 2 is 2.25 bits per heavy atom. The molecule has 2 aromatic heterocycles. The predicted molar refractivity (Wildman–Crippen MR) is 58.8 cm³/mol. The van der Waals surface area contributed by atoms with Crippen molar-refractivity contribution in [3.63, 3.8) is 0 Å². The maximum absolute atomic E-state index is 5.42. The van der Waals surface area contributed by atoms with E-state index in [0.29, 0.717) is 13.2 Å². The van der Waals surface area contributed by atoms with E-state index in [9.17, 15) is 0 Å². The fourth-order valence-electron chi connectivity index (χ4n) is 1.34. The molecule has 0 radical (unpaired) electrons. The van der Waals surface area contributed by atoms with Crippen LogP contribution in [0, 0.1) is 0 Å². The molecule has 0 unspecified atom stereocenters. The molecule has 0 saturated heterocycles. The monoisotopic (exact) mass is 221 g/mol. The van der Waals surface area contributed by atoms with Gasteiger partial charge < -0.3 is 18.9 Å². The summed E-state index contributed by atoms with van der Waals surface area (Å²) in [5.74, 6) is 0.856. The highest BCUT2D eigenvalue weighted by Crippen LogP contribution is 2.01. The first-order valence-corrected chi connectivity index (χ1v) is 5.27. The van der Waals surface area contributed by atoms with Crippen LogP contribution in [0.15, 0.2) is 45.8 Å². The number of nitrogens with one attached hydrogen (secondary N) is 1. The number of rotatable bonds is 7. The standard InChI is InChI=1S/C12H15NO3/c1-2-12(16-5-1)10-15-7-4-13-8-11-3-6-14-9-11/h1-3,5-6,9,13H,4,7-8,10H2. The molecule has 86 valence electrons. The summed E-state index contributed by atoms with van der Waals surface area (Å²) in [7, 11) is 0. The average molecular weight is 221 g/mol. The molecular formula is C12H15NO3. The van der Waals surface area contributed by atoms with Crippen LogP contribution in [0.25, 0.3) is 0 Å². The predicted octanol–water partition coefficient (Wildman–Crippen LogP) is 2.18. The van der Waals surface area contributed by atoms with Crippen LogP contribution >= 0.6 is 0 Å². The van der Waals surface area contributed by atoms with Gasteiger partial charge in [-0.3, -0.25) is 0 Å². The van der Waals surface area contributed by atoms with Crippen LogP contribution in [0.1, 0.15) is 11.3 Å². The summed E-state index contributed by atoms with van der Waals surface area (Å²) in [5.41, 5.74) is 1.14. The summed E-state index contributed by atoms with van der Waals surface area (Å²) >= 11 is 0. The molecule has 0 atom stereocenters. The highest BCUT2D eigenvalue weighted by molar-refractivity contribution is 5.04. The van der Waals surface area contributed by atoms with Crippen LogP contribution in [0.3, 0.4) is 0 Å². The highest BCUT2D eigenvalue weighted by atomic mass is 16.5. The molecule has 0 fully saturated rings. The summed E-state index contributed by atoms with van der Waals surface area (Å²) in [6.07, 6.45) is 5.05. The minimum Gasteiger partial charge on any atom is -0.472 e. The minimum absolute atomic E-state index is 0.528. The summed E-state index contributed by atoms with van der Waals surface area (Å²) < 4.78 is 15.5. The fourth-order valence-corrected chi connectivity index (χ4v) is 1.34. The van der Waals surface area contributed by atoms with Crippen LogP contribution in [0.2, 0.25) is 0 Å². The Morgan fingerprint density at radius 3 is 3.00 bits per heavy atom. The maximum atomic E-state index is 5.42. The van der Waals surface area contributed by atoms with Crippen molar-refractivity contribution in [2.75, 3.05) is 13.2 Å².